The highest BCUT2D eigenvalue weighted by molar-refractivity contribution is 5.50. The van der Waals surface area contributed by atoms with Gasteiger partial charge < -0.3 is 5.32 Å². The Bertz CT molecular complexity index is 86.9. The Hall–Kier alpha value is -0.370. The van der Waals surface area contributed by atoms with Crippen molar-refractivity contribution in [2.45, 2.75) is 19.3 Å². The lowest BCUT2D eigenvalue weighted by atomic mass is 9.96. The summed E-state index contributed by atoms with van der Waals surface area (Å²) < 4.78 is 0. The molecule has 1 aliphatic heterocycles. The number of hydrogen-bond acceptors (Lipinski definition) is 2. The normalized spacial score (nSPS) is 21.8. The molecule has 9 heavy (non-hydrogen) atoms. The van der Waals surface area contributed by atoms with Gasteiger partial charge in [-0.1, -0.05) is 0 Å². The third-order valence-electron chi connectivity index (χ3n) is 1.83. The van der Waals surface area contributed by atoms with Crippen molar-refractivity contribution < 1.29 is 4.79 Å². The Kier molecular flexibility index (Phi) is 2.71. The zero-order valence-corrected chi connectivity index (χ0v) is 5.52. The van der Waals surface area contributed by atoms with E-state index in [1.807, 2.05) is 6.29 Å². The van der Waals surface area contributed by atoms with Gasteiger partial charge in [0.05, 0.1) is 0 Å². The second-order valence-corrected chi connectivity index (χ2v) is 2.54. The summed E-state index contributed by atoms with van der Waals surface area (Å²) in [5, 5.41) is 3.24. The zero-order valence-electron chi connectivity index (χ0n) is 5.52. The summed E-state index contributed by atoms with van der Waals surface area (Å²) in [5.74, 6) is 0.615. The zero-order chi connectivity index (χ0) is 6.53. The average Bonchev–Trinajstić information content (AvgIpc) is 1.91. The summed E-state index contributed by atoms with van der Waals surface area (Å²) in [6, 6.07) is 0. The second kappa shape index (κ2) is 3.62. The van der Waals surface area contributed by atoms with E-state index in [1.54, 1.807) is 0 Å². The quantitative estimate of drug-likeness (QED) is 0.583. The van der Waals surface area contributed by atoms with E-state index in [1.165, 1.54) is 0 Å². The van der Waals surface area contributed by atoms with Gasteiger partial charge in [0.25, 0.3) is 0 Å². The first-order valence-electron chi connectivity index (χ1n) is 3.49. The molecule has 0 bridgehead atoms. The Morgan fingerprint density at radius 3 is 2.67 bits per heavy atom. The molecule has 0 spiro atoms. The molecule has 0 aromatic heterocycles. The standard InChI is InChI=1S/C7H12NO/c9-6-3-7-1-4-8-5-2-7/h7-8H,1-5H2. The molecule has 2 heteroatoms. The van der Waals surface area contributed by atoms with Gasteiger partial charge in [0.15, 0.2) is 6.29 Å². The first-order chi connectivity index (χ1) is 4.43. The van der Waals surface area contributed by atoms with Crippen molar-refractivity contribution in [2.75, 3.05) is 13.1 Å². The van der Waals surface area contributed by atoms with E-state index in [4.69, 9.17) is 0 Å². The fraction of sp³-hybridized carbons (Fsp3) is 0.857. The van der Waals surface area contributed by atoms with Gasteiger partial charge in [0, 0.05) is 6.42 Å². The SMILES string of the molecule is O=[C]CC1CCNCC1. The molecule has 0 atom stereocenters. The van der Waals surface area contributed by atoms with E-state index in [0.29, 0.717) is 12.3 Å². The minimum atomic E-state index is 0.615. The van der Waals surface area contributed by atoms with Crippen LogP contribution in [-0.4, -0.2) is 19.4 Å². The summed E-state index contributed by atoms with van der Waals surface area (Å²) in [7, 11) is 0. The summed E-state index contributed by atoms with van der Waals surface area (Å²) in [4.78, 5) is 9.93. The molecule has 1 heterocycles. The van der Waals surface area contributed by atoms with Crippen LogP contribution in [0.3, 0.4) is 0 Å². The predicted molar refractivity (Wildman–Crippen MR) is 35.9 cm³/mol. The third kappa shape index (κ3) is 2.14. The monoisotopic (exact) mass is 126 g/mol. The molecule has 1 fully saturated rings. The molecular weight excluding hydrogens is 114 g/mol. The molecule has 1 aliphatic rings. The lowest BCUT2D eigenvalue weighted by molar-refractivity contribution is 0.378. The van der Waals surface area contributed by atoms with Gasteiger partial charge in [0.2, 0.25) is 0 Å². The van der Waals surface area contributed by atoms with Crippen LogP contribution in [0, 0.1) is 5.92 Å². The molecule has 1 N–H and O–H groups in total. The van der Waals surface area contributed by atoms with Crippen LogP contribution in [-0.2, 0) is 4.79 Å². The van der Waals surface area contributed by atoms with Gasteiger partial charge in [-0.15, -0.1) is 0 Å². The number of piperidine rings is 1. The van der Waals surface area contributed by atoms with Gasteiger partial charge in [-0.3, -0.25) is 4.79 Å². The number of hydrogen-bond donors (Lipinski definition) is 1. The molecule has 1 radical (unpaired) electrons. The van der Waals surface area contributed by atoms with Crippen LogP contribution in [0.1, 0.15) is 19.3 Å². The van der Waals surface area contributed by atoms with Crippen molar-refractivity contribution in [3.05, 3.63) is 0 Å². The van der Waals surface area contributed by atoms with Crippen molar-refractivity contribution in [1.82, 2.24) is 5.32 Å². The molecule has 0 amide bonds. The molecule has 51 valence electrons. The molecule has 0 aromatic carbocycles. The summed E-state index contributed by atoms with van der Waals surface area (Å²) >= 11 is 0. The van der Waals surface area contributed by atoms with Gasteiger partial charge in [-0.05, 0) is 31.8 Å². The lowest BCUT2D eigenvalue weighted by Crippen LogP contribution is -2.27. The van der Waals surface area contributed by atoms with Gasteiger partial charge in [-0.25, -0.2) is 0 Å². The fourth-order valence-corrected chi connectivity index (χ4v) is 1.20. The van der Waals surface area contributed by atoms with Crippen molar-refractivity contribution in [3.8, 4) is 0 Å². The maximum absolute atomic E-state index is 9.93. The Balaban J connectivity index is 2.15. The topological polar surface area (TPSA) is 29.1 Å². The van der Waals surface area contributed by atoms with E-state index in [0.717, 1.165) is 25.9 Å². The summed E-state index contributed by atoms with van der Waals surface area (Å²) in [5.41, 5.74) is 0. The van der Waals surface area contributed by atoms with E-state index in [9.17, 15) is 4.79 Å². The van der Waals surface area contributed by atoms with Crippen molar-refractivity contribution in [1.29, 1.82) is 0 Å². The summed E-state index contributed by atoms with van der Waals surface area (Å²) in [6.45, 7) is 2.15. The average molecular weight is 126 g/mol. The third-order valence-corrected chi connectivity index (χ3v) is 1.83. The van der Waals surface area contributed by atoms with Gasteiger partial charge in [-0.2, -0.15) is 0 Å². The summed E-state index contributed by atoms with van der Waals surface area (Å²) in [6.07, 6.45) is 4.90. The van der Waals surface area contributed by atoms with Crippen LogP contribution in [0.15, 0.2) is 0 Å². The highest BCUT2D eigenvalue weighted by Gasteiger charge is 2.11. The van der Waals surface area contributed by atoms with Crippen LogP contribution >= 0.6 is 0 Å². The molecule has 1 saturated heterocycles. The minimum Gasteiger partial charge on any atom is -0.317 e. The van der Waals surface area contributed by atoms with E-state index >= 15 is 0 Å². The molecule has 2 nitrogen and oxygen atoms in total. The van der Waals surface area contributed by atoms with Crippen LogP contribution < -0.4 is 5.32 Å². The first kappa shape index (κ1) is 6.75. The highest BCUT2D eigenvalue weighted by atomic mass is 16.1. The molecule has 0 saturated carbocycles. The van der Waals surface area contributed by atoms with E-state index < -0.39 is 0 Å². The predicted octanol–water partition coefficient (Wildman–Crippen LogP) is 0.486. The van der Waals surface area contributed by atoms with Crippen LogP contribution in [0.2, 0.25) is 0 Å². The van der Waals surface area contributed by atoms with Crippen LogP contribution in [0.4, 0.5) is 0 Å². The van der Waals surface area contributed by atoms with Gasteiger partial charge in [0.1, 0.15) is 0 Å². The lowest BCUT2D eigenvalue weighted by Gasteiger charge is -2.19. The molecule has 0 unspecified atom stereocenters. The van der Waals surface area contributed by atoms with Crippen LogP contribution in [0.25, 0.3) is 0 Å². The minimum absolute atomic E-state index is 0.615. The molecule has 1 rings (SSSR count). The Morgan fingerprint density at radius 2 is 2.11 bits per heavy atom. The maximum Gasteiger partial charge on any atom is 0.198 e. The Morgan fingerprint density at radius 1 is 1.44 bits per heavy atom. The molecule has 0 aliphatic carbocycles. The number of carbonyl (C=O) groups excluding carboxylic acids is 1. The number of rotatable bonds is 2. The van der Waals surface area contributed by atoms with E-state index in [-0.39, 0.29) is 0 Å². The largest absolute Gasteiger partial charge is 0.317 e. The van der Waals surface area contributed by atoms with Gasteiger partial charge >= 0.3 is 0 Å². The molecule has 0 aromatic rings. The first-order valence-corrected chi connectivity index (χ1v) is 3.49. The van der Waals surface area contributed by atoms with E-state index in [2.05, 4.69) is 5.32 Å². The smallest absolute Gasteiger partial charge is 0.198 e. The van der Waals surface area contributed by atoms with Crippen molar-refractivity contribution in [2.24, 2.45) is 5.92 Å². The Labute approximate surface area is 55.6 Å². The maximum atomic E-state index is 9.93. The number of nitrogens with one attached hydrogen (secondary N) is 1. The highest BCUT2D eigenvalue weighted by Crippen LogP contribution is 2.13. The van der Waals surface area contributed by atoms with Crippen molar-refractivity contribution >= 4 is 6.29 Å². The van der Waals surface area contributed by atoms with Crippen LogP contribution in [0.5, 0.6) is 0 Å². The fourth-order valence-electron chi connectivity index (χ4n) is 1.20. The second-order valence-electron chi connectivity index (χ2n) is 2.54. The molecular formula is C7H12NO. The van der Waals surface area contributed by atoms with Crippen molar-refractivity contribution in [3.63, 3.8) is 0 Å².